The van der Waals surface area contributed by atoms with E-state index in [4.69, 9.17) is 0 Å². The van der Waals surface area contributed by atoms with E-state index in [2.05, 4.69) is 38.5 Å². The quantitative estimate of drug-likeness (QED) is 0.916. The third-order valence-corrected chi connectivity index (χ3v) is 6.42. The summed E-state index contributed by atoms with van der Waals surface area (Å²) in [6.45, 7) is 6.34. The highest BCUT2D eigenvalue weighted by Gasteiger charge is 2.40. The van der Waals surface area contributed by atoms with Crippen molar-refractivity contribution in [3.05, 3.63) is 18.7 Å². The maximum absolute atomic E-state index is 12.9. The molecule has 1 aromatic rings. The van der Waals surface area contributed by atoms with Crippen molar-refractivity contribution >= 4 is 6.03 Å². The van der Waals surface area contributed by atoms with Crippen LogP contribution in [0, 0.1) is 0 Å². The number of imidazole rings is 1. The van der Waals surface area contributed by atoms with E-state index >= 15 is 0 Å². The first-order valence-corrected chi connectivity index (χ1v) is 9.94. The number of likely N-dealkylation sites (tertiary alicyclic amines) is 1. The van der Waals surface area contributed by atoms with Gasteiger partial charge in [0.1, 0.15) is 0 Å². The van der Waals surface area contributed by atoms with Gasteiger partial charge in [0.2, 0.25) is 0 Å². The van der Waals surface area contributed by atoms with Crippen LogP contribution in [0.1, 0.15) is 58.4 Å². The molecular weight excluding hydrogens is 314 g/mol. The van der Waals surface area contributed by atoms with E-state index in [-0.39, 0.29) is 12.1 Å². The van der Waals surface area contributed by atoms with Gasteiger partial charge in [-0.25, -0.2) is 9.78 Å². The molecule has 1 saturated carbocycles. The van der Waals surface area contributed by atoms with Crippen LogP contribution in [0.15, 0.2) is 18.7 Å². The largest absolute Gasteiger partial charge is 0.333 e. The third-order valence-electron chi connectivity index (χ3n) is 6.42. The summed E-state index contributed by atoms with van der Waals surface area (Å²) in [6, 6.07) is 2.47. The molecule has 2 aliphatic heterocycles. The lowest BCUT2D eigenvalue weighted by Crippen LogP contribution is -2.49. The Balaban J connectivity index is 1.40. The van der Waals surface area contributed by atoms with Crippen LogP contribution in [-0.4, -0.2) is 62.6 Å². The zero-order chi connectivity index (χ0) is 17.4. The zero-order valence-corrected chi connectivity index (χ0v) is 15.5. The summed E-state index contributed by atoms with van der Waals surface area (Å²) in [5.41, 5.74) is 0. The number of rotatable bonds is 3. The first-order valence-electron chi connectivity index (χ1n) is 9.94. The molecule has 4 rings (SSSR count). The summed E-state index contributed by atoms with van der Waals surface area (Å²) in [5.74, 6) is 0. The fourth-order valence-corrected chi connectivity index (χ4v) is 5.32. The Morgan fingerprint density at radius 1 is 1.16 bits per heavy atom. The predicted octanol–water partition coefficient (Wildman–Crippen LogP) is 2.63. The van der Waals surface area contributed by atoms with Crippen LogP contribution in [0.25, 0.3) is 0 Å². The average molecular weight is 345 g/mol. The van der Waals surface area contributed by atoms with Crippen molar-refractivity contribution in [2.75, 3.05) is 13.1 Å². The van der Waals surface area contributed by atoms with Gasteiger partial charge in [0, 0.05) is 43.6 Å². The number of nitrogens with zero attached hydrogens (tertiary/aromatic N) is 4. The van der Waals surface area contributed by atoms with Gasteiger partial charge in [0.25, 0.3) is 0 Å². The Labute approximate surface area is 150 Å². The molecule has 3 fully saturated rings. The first-order chi connectivity index (χ1) is 12.1. The fraction of sp³-hybridized carbons (Fsp3) is 0.789. The van der Waals surface area contributed by atoms with E-state index in [1.165, 1.54) is 19.3 Å². The van der Waals surface area contributed by atoms with Crippen LogP contribution in [-0.2, 0) is 0 Å². The fourth-order valence-electron chi connectivity index (χ4n) is 5.32. The lowest BCUT2D eigenvalue weighted by atomic mass is 10.1. The second-order valence-electron chi connectivity index (χ2n) is 8.22. The summed E-state index contributed by atoms with van der Waals surface area (Å²) < 4.78 is 2.16. The van der Waals surface area contributed by atoms with Crippen molar-refractivity contribution in [1.29, 1.82) is 0 Å². The number of fused-ring (bicyclic) bond motifs is 2. The van der Waals surface area contributed by atoms with Gasteiger partial charge in [-0.15, -0.1) is 0 Å². The van der Waals surface area contributed by atoms with E-state index in [1.807, 2.05) is 18.7 Å². The highest BCUT2D eigenvalue weighted by atomic mass is 16.2. The van der Waals surface area contributed by atoms with E-state index in [9.17, 15) is 4.79 Å². The van der Waals surface area contributed by atoms with E-state index in [0.29, 0.717) is 24.2 Å². The third kappa shape index (κ3) is 3.28. The number of carbonyl (C=O) groups excluding carboxylic acids is 1. The number of urea groups is 1. The van der Waals surface area contributed by atoms with Crippen molar-refractivity contribution in [1.82, 2.24) is 24.7 Å². The predicted molar refractivity (Wildman–Crippen MR) is 97.4 cm³/mol. The van der Waals surface area contributed by atoms with Crippen molar-refractivity contribution in [3.8, 4) is 0 Å². The molecule has 138 valence electrons. The minimum atomic E-state index is 0.133. The molecule has 2 bridgehead atoms. The van der Waals surface area contributed by atoms with Crippen LogP contribution in [0.2, 0.25) is 0 Å². The van der Waals surface area contributed by atoms with Gasteiger partial charge in [-0.1, -0.05) is 0 Å². The summed E-state index contributed by atoms with van der Waals surface area (Å²) in [5, 5.41) is 3.34. The maximum atomic E-state index is 12.9. The molecule has 4 atom stereocenters. The maximum Gasteiger partial charge on any atom is 0.317 e. The van der Waals surface area contributed by atoms with Gasteiger partial charge in [0.15, 0.2) is 0 Å². The second kappa shape index (κ2) is 6.98. The van der Waals surface area contributed by atoms with Crippen molar-refractivity contribution in [2.24, 2.45) is 0 Å². The topological polar surface area (TPSA) is 53.4 Å². The standard InChI is InChI=1S/C19H31N5O/c1-14(2)24-15-6-7-16(24)12-22(10-8-15)19(25)21-17-4-3-5-18(17)23-11-9-20-13-23/h9,11,13-18H,3-8,10,12H2,1-2H3,(H,21,25)/t15-,16-,17-,18-/m0/s1. The smallest absolute Gasteiger partial charge is 0.317 e. The molecule has 25 heavy (non-hydrogen) atoms. The van der Waals surface area contributed by atoms with Crippen LogP contribution in [0.3, 0.4) is 0 Å². The zero-order valence-electron chi connectivity index (χ0n) is 15.5. The summed E-state index contributed by atoms with van der Waals surface area (Å²) >= 11 is 0. The SMILES string of the molecule is CC(C)N1[C@H]2CC[C@H]1CN(C(=O)N[C@H]1CCC[C@@H]1n1ccnc1)CC2. The molecule has 0 unspecified atom stereocenters. The number of aromatic nitrogens is 2. The molecule has 0 radical (unpaired) electrons. The summed E-state index contributed by atoms with van der Waals surface area (Å²) in [4.78, 5) is 21.8. The molecule has 3 aliphatic rings. The lowest BCUT2D eigenvalue weighted by Gasteiger charge is -2.32. The highest BCUT2D eigenvalue weighted by molar-refractivity contribution is 5.74. The summed E-state index contributed by atoms with van der Waals surface area (Å²) in [6.07, 6.45) is 12.7. The molecule has 2 saturated heterocycles. The first kappa shape index (κ1) is 16.9. The Bertz CT molecular complexity index is 587. The lowest BCUT2D eigenvalue weighted by molar-refractivity contribution is 0.146. The van der Waals surface area contributed by atoms with Crippen LogP contribution < -0.4 is 5.32 Å². The monoisotopic (exact) mass is 345 g/mol. The molecular formula is C19H31N5O. The van der Waals surface area contributed by atoms with Gasteiger partial charge in [0.05, 0.1) is 18.4 Å². The average Bonchev–Trinajstić information content (AvgIpc) is 3.26. The number of hydrogen-bond donors (Lipinski definition) is 1. The summed E-state index contributed by atoms with van der Waals surface area (Å²) in [7, 11) is 0. The van der Waals surface area contributed by atoms with E-state index in [0.717, 1.165) is 32.4 Å². The van der Waals surface area contributed by atoms with Crippen molar-refractivity contribution in [3.63, 3.8) is 0 Å². The molecule has 6 nitrogen and oxygen atoms in total. The molecule has 0 spiro atoms. The second-order valence-corrected chi connectivity index (χ2v) is 8.22. The molecule has 6 heteroatoms. The molecule has 3 heterocycles. The minimum Gasteiger partial charge on any atom is -0.333 e. The van der Waals surface area contributed by atoms with Crippen LogP contribution >= 0.6 is 0 Å². The van der Waals surface area contributed by atoms with Gasteiger partial charge in [-0.2, -0.15) is 0 Å². The number of carbonyl (C=O) groups is 1. The van der Waals surface area contributed by atoms with Crippen LogP contribution in [0.4, 0.5) is 4.79 Å². The molecule has 1 aromatic heterocycles. The van der Waals surface area contributed by atoms with Gasteiger partial charge in [-0.05, 0) is 52.4 Å². The van der Waals surface area contributed by atoms with Gasteiger partial charge in [-0.3, -0.25) is 4.90 Å². The van der Waals surface area contributed by atoms with E-state index < -0.39 is 0 Å². The van der Waals surface area contributed by atoms with Gasteiger partial charge >= 0.3 is 6.03 Å². The minimum absolute atomic E-state index is 0.133. The van der Waals surface area contributed by atoms with Crippen LogP contribution in [0.5, 0.6) is 0 Å². The number of nitrogens with one attached hydrogen (secondary N) is 1. The molecule has 0 aromatic carbocycles. The Morgan fingerprint density at radius 3 is 2.76 bits per heavy atom. The van der Waals surface area contributed by atoms with Gasteiger partial charge < -0.3 is 14.8 Å². The van der Waals surface area contributed by atoms with Crippen molar-refractivity contribution in [2.45, 2.75) is 82.6 Å². The Kier molecular flexibility index (Phi) is 4.71. The number of amides is 2. The molecule has 1 N–H and O–H groups in total. The molecule has 1 aliphatic carbocycles. The van der Waals surface area contributed by atoms with Crippen molar-refractivity contribution < 1.29 is 4.79 Å². The number of hydrogen-bond acceptors (Lipinski definition) is 3. The normalized spacial score (nSPS) is 33.0. The highest BCUT2D eigenvalue weighted by Crippen LogP contribution is 2.33. The van der Waals surface area contributed by atoms with E-state index in [1.54, 1.807) is 0 Å². The Hall–Kier alpha value is -1.56. The molecule has 2 amide bonds. The Morgan fingerprint density at radius 2 is 2.00 bits per heavy atom.